The molecule has 0 aliphatic heterocycles. The van der Waals surface area contributed by atoms with Gasteiger partial charge in [0.1, 0.15) is 5.39 Å². The van der Waals surface area contributed by atoms with Crippen LogP contribution in [0.25, 0.3) is 11.0 Å². The first-order valence-corrected chi connectivity index (χ1v) is 7.26. The minimum absolute atomic E-state index is 0.00570. The van der Waals surface area contributed by atoms with Crippen LogP contribution in [0.2, 0.25) is 0 Å². The SMILES string of the molecule is Cn1ncc2c(=O)n(CC3(CS)CCCC3)cnc21. The Morgan fingerprint density at radius 2 is 2.16 bits per heavy atom. The topological polar surface area (TPSA) is 52.7 Å². The standard InChI is InChI=1S/C13H18N4OS/c1-16-11-10(6-15-16)12(18)17(9-14-11)7-13(8-19)4-2-3-5-13/h6,9,19H,2-5,7-8H2,1H3. The lowest BCUT2D eigenvalue weighted by molar-refractivity contribution is 0.285. The van der Waals surface area contributed by atoms with Crippen LogP contribution in [-0.4, -0.2) is 25.1 Å². The summed E-state index contributed by atoms with van der Waals surface area (Å²) in [6.07, 6.45) is 8.01. The number of aryl methyl sites for hydroxylation is 1. The highest BCUT2D eigenvalue weighted by atomic mass is 32.1. The highest BCUT2D eigenvalue weighted by Gasteiger charge is 2.33. The van der Waals surface area contributed by atoms with Crippen molar-refractivity contribution in [1.29, 1.82) is 0 Å². The molecule has 0 unspecified atom stereocenters. The van der Waals surface area contributed by atoms with Gasteiger partial charge in [0.25, 0.3) is 5.56 Å². The lowest BCUT2D eigenvalue weighted by Crippen LogP contribution is -2.32. The van der Waals surface area contributed by atoms with E-state index >= 15 is 0 Å². The fourth-order valence-electron chi connectivity index (χ4n) is 3.03. The van der Waals surface area contributed by atoms with E-state index in [1.54, 1.807) is 28.8 Å². The van der Waals surface area contributed by atoms with Gasteiger partial charge < -0.3 is 0 Å². The molecule has 1 fully saturated rings. The summed E-state index contributed by atoms with van der Waals surface area (Å²) in [5, 5.41) is 4.69. The highest BCUT2D eigenvalue weighted by Crippen LogP contribution is 2.40. The van der Waals surface area contributed by atoms with Crippen molar-refractivity contribution in [2.24, 2.45) is 12.5 Å². The molecular formula is C13H18N4OS. The van der Waals surface area contributed by atoms with Crippen molar-refractivity contribution in [3.05, 3.63) is 22.9 Å². The third-order valence-corrected chi connectivity index (χ3v) is 4.89. The molecule has 0 atom stereocenters. The van der Waals surface area contributed by atoms with E-state index in [1.807, 2.05) is 0 Å². The van der Waals surface area contributed by atoms with Crippen molar-refractivity contribution >= 4 is 23.7 Å². The van der Waals surface area contributed by atoms with E-state index in [4.69, 9.17) is 0 Å². The normalized spacial score (nSPS) is 18.2. The van der Waals surface area contributed by atoms with E-state index in [2.05, 4.69) is 22.7 Å². The van der Waals surface area contributed by atoms with Crippen LogP contribution in [0.4, 0.5) is 0 Å². The minimum Gasteiger partial charge on any atom is -0.298 e. The van der Waals surface area contributed by atoms with E-state index in [0.717, 1.165) is 18.6 Å². The Balaban J connectivity index is 2.01. The molecule has 1 aliphatic rings. The first-order valence-electron chi connectivity index (χ1n) is 6.63. The fraction of sp³-hybridized carbons (Fsp3) is 0.615. The van der Waals surface area contributed by atoms with E-state index < -0.39 is 0 Å². The molecule has 0 aromatic carbocycles. The van der Waals surface area contributed by atoms with Gasteiger partial charge in [0, 0.05) is 13.6 Å². The van der Waals surface area contributed by atoms with Crippen molar-refractivity contribution in [1.82, 2.24) is 19.3 Å². The lowest BCUT2D eigenvalue weighted by atomic mass is 9.88. The molecule has 102 valence electrons. The first kappa shape index (κ1) is 12.7. The third kappa shape index (κ3) is 2.08. The Hall–Kier alpha value is -1.30. The highest BCUT2D eigenvalue weighted by molar-refractivity contribution is 7.80. The second kappa shape index (κ2) is 4.67. The van der Waals surface area contributed by atoms with Crippen LogP contribution >= 0.6 is 12.6 Å². The van der Waals surface area contributed by atoms with Crippen molar-refractivity contribution in [3.8, 4) is 0 Å². The van der Waals surface area contributed by atoms with Gasteiger partial charge in [0.05, 0.1) is 12.5 Å². The largest absolute Gasteiger partial charge is 0.298 e. The van der Waals surface area contributed by atoms with E-state index in [1.165, 1.54) is 12.8 Å². The van der Waals surface area contributed by atoms with Gasteiger partial charge in [0.2, 0.25) is 0 Å². The van der Waals surface area contributed by atoms with Crippen LogP contribution in [0.15, 0.2) is 17.3 Å². The molecule has 1 saturated carbocycles. The fourth-order valence-corrected chi connectivity index (χ4v) is 3.45. The van der Waals surface area contributed by atoms with Crippen molar-refractivity contribution in [2.75, 3.05) is 5.75 Å². The molecule has 0 N–H and O–H groups in total. The van der Waals surface area contributed by atoms with Crippen LogP contribution < -0.4 is 5.56 Å². The predicted octanol–water partition coefficient (Wildman–Crippen LogP) is 1.62. The zero-order valence-electron chi connectivity index (χ0n) is 11.0. The average Bonchev–Trinajstić information content (AvgIpc) is 3.02. The number of rotatable bonds is 3. The van der Waals surface area contributed by atoms with Gasteiger partial charge in [-0.2, -0.15) is 17.7 Å². The van der Waals surface area contributed by atoms with Crippen molar-refractivity contribution in [2.45, 2.75) is 32.2 Å². The second-order valence-electron chi connectivity index (χ2n) is 5.55. The van der Waals surface area contributed by atoms with Gasteiger partial charge in [-0.25, -0.2) is 4.98 Å². The van der Waals surface area contributed by atoms with Crippen LogP contribution in [0.3, 0.4) is 0 Å². The van der Waals surface area contributed by atoms with Crippen molar-refractivity contribution < 1.29 is 0 Å². The number of aromatic nitrogens is 4. The maximum Gasteiger partial charge on any atom is 0.264 e. The summed E-state index contributed by atoms with van der Waals surface area (Å²) in [6, 6.07) is 0. The van der Waals surface area contributed by atoms with E-state index in [9.17, 15) is 4.79 Å². The predicted molar refractivity (Wildman–Crippen MR) is 77.5 cm³/mol. The number of hydrogen-bond acceptors (Lipinski definition) is 4. The van der Waals surface area contributed by atoms with Crippen molar-refractivity contribution in [3.63, 3.8) is 0 Å². The molecule has 0 bridgehead atoms. The smallest absolute Gasteiger partial charge is 0.264 e. The summed E-state index contributed by atoms with van der Waals surface area (Å²) in [5.74, 6) is 0.824. The summed E-state index contributed by atoms with van der Waals surface area (Å²) in [5.41, 5.74) is 0.809. The molecule has 0 radical (unpaired) electrons. The Kier molecular flexibility index (Phi) is 3.12. The average molecular weight is 278 g/mol. The lowest BCUT2D eigenvalue weighted by Gasteiger charge is -2.27. The molecule has 0 spiro atoms. The summed E-state index contributed by atoms with van der Waals surface area (Å²) in [7, 11) is 1.80. The third-order valence-electron chi connectivity index (χ3n) is 4.22. The molecule has 6 heteroatoms. The number of hydrogen-bond donors (Lipinski definition) is 1. The molecule has 3 rings (SSSR count). The number of nitrogens with zero attached hydrogens (tertiary/aromatic N) is 4. The maximum absolute atomic E-state index is 12.4. The zero-order chi connectivity index (χ0) is 13.5. The minimum atomic E-state index is 0.00570. The molecule has 2 aromatic rings. The molecular weight excluding hydrogens is 260 g/mol. The van der Waals surface area contributed by atoms with Gasteiger partial charge in [-0.05, 0) is 24.0 Å². The molecule has 5 nitrogen and oxygen atoms in total. The molecule has 2 aromatic heterocycles. The number of thiol groups is 1. The quantitative estimate of drug-likeness (QED) is 0.868. The molecule has 0 amide bonds. The molecule has 0 saturated heterocycles. The number of fused-ring (bicyclic) bond motifs is 1. The Labute approximate surface area is 117 Å². The van der Waals surface area contributed by atoms with Crippen LogP contribution in [0, 0.1) is 5.41 Å². The summed E-state index contributed by atoms with van der Waals surface area (Å²) < 4.78 is 3.36. The molecule has 19 heavy (non-hydrogen) atoms. The summed E-state index contributed by atoms with van der Waals surface area (Å²) >= 11 is 4.49. The Bertz CT molecular complexity index is 654. The maximum atomic E-state index is 12.4. The van der Waals surface area contributed by atoms with Gasteiger partial charge >= 0.3 is 0 Å². The summed E-state index contributed by atoms with van der Waals surface area (Å²) in [4.78, 5) is 16.8. The van der Waals surface area contributed by atoms with Gasteiger partial charge in [-0.15, -0.1) is 0 Å². The zero-order valence-corrected chi connectivity index (χ0v) is 11.9. The summed E-state index contributed by atoms with van der Waals surface area (Å²) in [6.45, 7) is 0.715. The van der Waals surface area contributed by atoms with Gasteiger partial charge in [0.15, 0.2) is 5.65 Å². The Morgan fingerprint density at radius 1 is 1.42 bits per heavy atom. The van der Waals surface area contributed by atoms with Gasteiger partial charge in [-0.1, -0.05) is 12.8 Å². The monoisotopic (exact) mass is 278 g/mol. The van der Waals surface area contributed by atoms with E-state index in [-0.39, 0.29) is 11.0 Å². The second-order valence-corrected chi connectivity index (χ2v) is 5.86. The van der Waals surface area contributed by atoms with Gasteiger partial charge in [-0.3, -0.25) is 14.0 Å². The van der Waals surface area contributed by atoms with Crippen LogP contribution in [0.1, 0.15) is 25.7 Å². The molecule has 1 aliphatic carbocycles. The van der Waals surface area contributed by atoms with Crippen LogP contribution in [-0.2, 0) is 13.6 Å². The Morgan fingerprint density at radius 3 is 2.84 bits per heavy atom. The van der Waals surface area contributed by atoms with Crippen LogP contribution in [0.5, 0.6) is 0 Å². The first-order chi connectivity index (χ1) is 9.15. The van der Waals surface area contributed by atoms with E-state index in [0.29, 0.717) is 17.6 Å². The molecule has 2 heterocycles.